The maximum atomic E-state index is 9.49. The third-order valence-electron chi connectivity index (χ3n) is 2.41. The maximum Gasteiger partial charge on any atom is 1.00 e. The van der Waals surface area contributed by atoms with Crippen LogP contribution in [0.5, 0.6) is 17.2 Å². The molecule has 23 heavy (non-hydrogen) atoms. The van der Waals surface area contributed by atoms with E-state index in [1.807, 2.05) is 0 Å². The number of ether oxygens (including phenoxy) is 1. The van der Waals surface area contributed by atoms with Crippen LogP contribution < -0.4 is 39.4 Å². The first-order chi connectivity index (χ1) is 10.4. The van der Waals surface area contributed by atoms with Crippen molar-refractivity contribution in [2.45, 2.75) is 19.8 Å². The Morgan fingerprint density at radius 3 is 2.22 bits per heavy atom. The summed E-state index contributed by atoms with van der Waals surface area (Å²) < 4.78 is 5.52. The minimum atomic E-state index is -0.961. The SMILES string of the molecule is CCCC(=O)[O-].Oc1ccc(Oc2ccc(Cl)cc2Cl)cc1.[Na+]. The topological polar surface area (TPSA) is 69.6 Å². The number of aliphatic carboxylic acids is 1. The van der Waals surface area contributed by atoms with E-state index >= 15 is 0 Å². The molecular weight excluding hydrogens is 350 g/mol. The number of carboxylic acids is 1. The molecule has 118 valence electrons. The molecule has 2 aromatic carbocycles. The Labute approximate surface area is 167 Å². The van der Waals surface area contributed by atoms with Crippen molar-refractivity contribution in [2.75, 3.05) is 0 Å². The molecule has 0 fully saturated rings. The van der Waals surface area contributed by atoms with Gasteiger partial charge in [-0.25, -0.2) is 0 Å². The molecule has 0 aliphatic carbocycles. The van der Waals surface area contributed by atoms with Gasteiger partial charge < -0.3 is 19.7 Å². The van der Waals surface area contributed by atoms with Crippen LogP contribution in [0.1, 0.15) is 19.8 Å². The predicted octanol–water partition coefficient (Wildman–Crippen LogP) is 1.03. The van der Waals surface area contributed by atoms with E-state index in [4.69, 9.17) is 33.0 Å². The number of halogens is 2. The molecule has 0 saturated carbocycles. The molecule has 0 unspecified atom stereocenters. The number of aromatic hydroxyl groups is 1. The van der Waals surface area contributed by atoms with Gasteiger partial charge in [-0.05, 0) is 48.9 Å². The van der Waals surface area contributed by atoms with Crippen LogP contribution >= 0.6 is 23.2 Å². The van der Waals surface area contributed by atoms with Gasteiger partial charge >= 0.3 is 29.6 Å². The number of carbonyl (C=O) groups is 1. The minimum Gasteiger partial charge on any atom is -0.550 e. The Morgan fingerprint density at radius 2 is 1.78 bits per heavy atom. The molecule has 7 heteroatoms. The van der Waals surface area contributed by atoms with E-state index in [2.05, 4.69) is 0 Å². The monoisotopic (exact) mass is 364 g/mol. The van der Waals surface area contributed by atoms with Crippen molar-refractivity contribution >= 4 is 29.2 Å². The van der Waals surface area contributed by atoms with Gasteiger partial charge in [0.1, 0.15) is 17.2 Å². The van der Waals surface area contributed by atoms with Crippen LogP contribution in [0.4, 0.5) is 0 Å². The van der Waals surface area contributed by atoms with Crippen molar-refractivity contribution in [1.29, 1.82) is 0 Å². The fraction of sp³-hybridized carbons (Fsp3) is 0.188. The van der Waals surface area contributed by atoms with Crippen LogP contribution in [0.25, 0.3) is 0 Å². The molecule has 0 saturated heterocycles. The number of hydrogen-bond acceptors (Lipinski definition) is 4. The first-order valence-electron chi connectivity index (χ1n) is 6.54. The summed E-state index contributed by atoms with van der Waals surface area (Å²) in [5.74, 6) is 0.353. The Hall–Kier alpha value is -0.910. The Balaban J connectivity index is 0.000000599. The second kappa shape index (κ2) is 11.6. The molecule has 4 nitrogen and oxygen atoms in total. The molecule has 0 aliphatic heterocycles. The van der Waals surface area contributed by atoms with Crippen molar-refractivity contribution in [2.24, 2.45) is 0 Å². The average Bonchev–Trinajstić information content (AvgIpc) is 2.45. The van der Waals surface area contributed by atoms with Gasteiger partial charge in [-0.2, -0.15) is 0 Å². The normalized spacial score (nSPS) is 9.17. The van der Waals surface area contributed by atoms with Crippen LogP contribution in [0.3, 0.4) is 0 Å². The van der Waals surface area contributed by atoms with Gasteiger partial charge in [-0.1, -0.05) is 36.5 Å². The number of phenolic OH excluding ortho intramolecular Hbond substituents is 1. The quantitative estimate of drug-likeness (QED) is 0.822. The number of carboxylic acid groups (broad SMARTS) is 1. The molecule has 0 atom stereocenters. The first kappa shape index (κ1) is 22.1. The van der Waals surface area contributed by atoms with E-state index in [0.717, 1.165) is 0 Å². The van der Waals surface area contributed by atoms with Gasteiger partial charge in [-0.15, -0.1) is 0 Å². The second-order valence-electron chi connectivity index (χ2n) is 4.29. The van der Waals surface area contributed by atoms with E-state index in [1.165, 1.54) is 0 Å². The van der Waals surface area contributed by atoms with Crippen LogP contribution in [0.2, 0.25) is 10.0 Å². The molecule has 0 aromatic heterocycles. The minimum absolute atomic E-state index is 0. The molecule has 0 aliphatic rings. The summed E-state index contributed by atoms with van der Waals surface area (Å²) in [7, 11) is 0. The molecular formula is C16H15Cl2NaO4. The Morgan fingerprint density at radius 1 is 1.17 bits per heavy atom. The van der Waals surface area contributed by atoms with Crippen LogP contribution in [-0.4, -0.2) is 11.1 Å². The number of rotatable bonds is 4. The third-order valence-corrected chi connectivity index (χ3v) is 2.94. The zero-order valence-electron chi connectivity index (χ0n) is 12.9. The molecule has 2 aromatic rings. The van der Waals surface area contributed by atoms with Gasteiger partial charge in [-0.3, -0.25) is 0 Å². The summed E-state index contributed by atoms with van der Waals surface area (Å²) in [5.41, 5.74) is 0. The Kier molecular flexibility index (Phi) is 11.1. The van der Waals surface area contributed by atoms with E-state index in [1.54, 1.807) is 49.4 Å². The van der Waals surface area contributed by atoms with E-state index in [-0.39, 0.29) is 41.7 Å². The van der Waals surface area contributed by atoms with Gasteiger partial charge in [0.15, 0.2) is 0 Å². The number of benzene rings is 2. The van der Waals surface area contributed by atoms with Crippen molar-refractivity contribution in [1.82, 2.24) is 0 Å². The standard InChI is InChI=1S/C12H8Cl2O2.C4H8O2.Na/c13-8-1-6-12(11(14)7-8)16-10-4-2-9(15)3-5-10;1-2-3-4(5)6;/h1-7,15H;2-3H2,1H3,(H,5,6);/q;;+1/p-1. The van der Waals surface area contributed by atoms with Gasteiger partial charge in [0.2, 0.25) is 0 Å². The average molecular weight is 365 g/mol. The second-order valence-corrected chi connectivity index (χ2v) is 5.14. The van der Waals surface area contributed by atoms with Crippen molar-refractivity contribution in [3.05, 3.63) is 52.5 Å². The van der Waals surface area contributed by atoms with Crippen molar-refractivity contribution < 1.29 is 49.3 Å². The third kappa shape index (κ3) is 9.08. The van der Waals surface area contributed by atoms with Crippen molar-refractivity contribution in [3.63, 3.8) is 0 Å². The molecule has 0 radical (unpaired) electrons. The van der Waals surface area contributed by atoms with Gasteiger partial charge in [0.25, 0.3) is 0 Å². The molecule has 1 N–H and O–H groups in total. The molecule has 0 bridgehead atoms. The summed E-state index contributed by atoms with van der Waals surface area (Å²) >= 11 is 11.7. The molecule has 2 rings (SSSR count). The van der Waals surface area contributed by atoms with Crippen LogP contribution in [-0.2, 0) is 4.79 Å². The molecule has 0 spiro atoms. The number of phenols is 1. The zero-order chi connectivity index (χ0) is 16.5. The molecule has 0 amide bonds. The van der Waals surface area contributed by atoms with E-state index in [0.29, 0.717) is 28.0 Å². The first-order valence-corrected chi connectivity index (χ1v) is 7.29. The Bertz CT molecular complexity index is 618. The molecule has 0 heterocycles. The predicted molar refractivity (Wildman–Crippen MR) is 84.6 cm³/mol. The summed E-state index contributed by atoms with van der Waals surface area (Å²) in [6, 6.07) is 11.4. The summed E-state index contributed by atoms with van der Waals surface area (Å²) in [6.07, 6.45) is 0.850. The van der Waals surface area contributed by atoms with Crippen LogP contribution in [0, 0.1) is 0 Å². The number of carbonyl (C=O) groups excluding carboxylic acids is 1. The fourth-order valence-electron chi connectivity index (χ4n) is 1.40. The largest absolute Gasteiger partial charge is 1.00 e. The maximum absolute atomic E-state index is 9.49. The number of hydrogen-bond donors (Lipinski definition) is 1. The summed E-state index contributed by atoms with van der Waals surface area (Å²) in [4.78, 5) is 9.49. The van der Waals surface area contributed by atoms with Gasteiger partial charge in [0.05, 0.1) is 5.02 Å². The van der Waals surface area contributed by atoms with E-state index in [9.17, 15) is 9.90 Å². The zero-order valence-corrected chi connectivity index (χ0v) is 16.4. The van der Waals surface area contributed by atoms with Crippen LogP contribution in [0.15, 0.2) is 42.5 Å². The summed E-state index contributed by atoms with van der Waals surface area (Å²) in [5, 5.41) is 19.6. The van der Waals surface area contributed by atoms with Crippen molar-refractivity contribution in [3.8, 4) is 17.2 Å². The fourth-order valence-corrected chi connectivity index (χ4v) is 1.85. The van der Waals surface area contributed by atoms with Gasteiger partial charge in [0, 0.05) is 11.0 Å². The smallest absolute Gasteiger partial charge is 0.550 e. The summed E-state index contributed by atoms with van der Waals surface area (Å²) in [6.45, 7) is 1.80. The van der Waals surface area contributed by atoms with E-state index < -0.39 is 5.97 Å².